The van der Waals surface area contributed by atoms with Crippen molar-refractivity contribution in [1.82, 2.24) is 10.2 Å². The predicted molar refractivity (Wildman–Crippen MR) is 115 cm³/mol. The molecule has 2 N–H and O–H groups in total. The molecule has 0 radical (unpaired) electrons. The topological polar surface area (TPSA) is 61.4 Å². The van der Waals surface area contributed by atoms with Crippen LogP contribution in [0.5, 0.6) is 0 Å². The number of carbonyl (C=O) groups is 2. The predicted octanol–water partition coefficient (Wildman–Crippen LogP) is 3.71. The van der Waals surface area contributed by atoms with Crippen molar-refractivity contribution in [1.29, 1.82) is 0 Å². The van der Waals surface area contributed by atoms with Gasteiger partial charge in [-0.05, 0) is 56.8 Å². The molecule has 0 spiro atoms. The summed E-state index contributed by atoms with van der Waals surface area (Å²) >= 11 is 1.51. The minimum absolute atomic E-state index is 0.0294. The van der Waals surface area contributed by atoms with E-state index in [0.717, 1.165) is 11.3 Å². The molecule has 5 nitrogen and oxygen atoms in total. The third kappa shape index (κ3) is 4.56. The zero-order valence-electron chi connectivity index (χ0n) is 16.8. The highest BCUT2D eigenvalue weighted by atomic mass is 32.2. The first-order chi connectivity index (χ1) is 13.4. The van der Waals surface area contributed by atoms with Crippen LogP contribution in [0.4, 0.5) is 5.69 Å². The van der Waals surface area contributed by atoms with Crippen molar-refractivity contribution in [3.63, 3.8) is 0 Å². The molecule has 0 saturated heterocycles. The van der Waals surface area contributed by atoms with Crippen LogP contribution in [0.2, 0.25) is 0 Å². The van der Waals surface area contributed by atoms with Gasteiger partial charge in [-0.2, -0.15) is 0 Å². The summed E-state index contributed by atoms with van der Waals surface area (Å²) in [6, 6.07) is 14.1. The van der Waals surface area contributed by atoms with Gasteiger partial charge in [-0.3, -0.25) is 9.59 Å². The highest BCUT2D eigenvalue weighted by molar-refractivity contribution is 8.00. The molecule has 3 rings (SSSR count). The summed E-state index contributed by atoms with van der Waals surface area (Å²) in [5.74, 6) is -0.170. The number of likely N-dealkylation sites (N-methyl/N-ethyl adjacent to an activating group) is 1. The van der Waals surface area contributed by atoms with Gasteiger partial charge in [0.25, 0.3) is 5.91 Å². The first-order valence-corrected chi connectivity index (χ1v) is 10.4. The van der Waals surface area contributed by atoms with Gasteiger partial charge in [-0.1, -0.05) is 31.2 Å². The minimum Gasteiger partial charge on any atom is -0.350 e. The monoisotopic (exact) mass is 397 g/mol. The van der Waals surface area contributed by atoms with Gasteiger partial charge in [0.1, 0.15) is 0 Å². The number of anilines is 1. The zero-order chi connectivity index (χ0) is 20.3. The van der Waals surface area contributed by atoms with Crippen molar-refractivity contribution in [3.05, 3.63) is 59.2 Å². The van der Waals surface area contributed by atoms with Gasteiger partial charge in [-0.15, -0.1) is 11.8 Å². The lowest BCUT2D eigenvalue weighted by Gasteiger charge is -2.25. The molecule has 1 heterocycles. The highest BCUT2D eigenvalue weighted by Gasteiger charge is 2.24. The second kappa shape index (κ2) is 8.80. The van der Waals surface area contributed by atoms with Crippen LogP contribution in [0.1, 0.15) is 41.4 Å². The lowest BCUT2D eigenvalue weighted by Crippen LogP contribution is -2.34. The van der Waals surface area contributed by atoms with Gasteiger partial charge < -0.3 is 15.5 Å². The van der Waals surface area contributed by atoms with E-state index < -0.39 is 0 Å². The lowest BCUT2D eigenvalue weighted by molar-refractivity contribution is -0.115. The molecular formula is C22H27N3O2S. The Bertz CT molecular complexity index is 865. The second-order valence-corrected chi connectivity index (χ2v) is 8.63. The summed E-state index contributed by atoms with van der Waals surface area (Å²) in [6.45, 7) is 4.52. The molecule has 0 aliphatic carbocycles. The SMILES string of the molecule is CCc1ccc([C@H](CNC(=O)c2ccc3c(c2)NC(=O)[C@H](C)S3)N(C)C)cc1. The van der Waals surface area contributed by atoms with Gasteiger partial charge in [-0.25, -0.2) is 0 Å². The van der Waals surface area contributed by atoms with Crippen molar-refractivity contribution < 1.29 is 9.59 Å². The van der Waals surface area contributed by atoms with Crippen molar-refractivity contribution in [2.75, 3.05) is 26.0 Å². The Morgan fingerprint density at radius 3 is 2.57 bits per heavy atom. The van der Waals surface area contributed by atoms with E-state index >= 15 is 0 Å². The number of carbonyl (C=O) groups excluding carboxylic acids is 2. The maximum atomic E-state index is 12.7. The van der Waals surface area contributed by atoms with E-state index in [0.29, 0.717) is 17.8 Å². The second-order valence-electron chi connectivity index (χ2n) is 7.24. The maximum Gasteiger partial charge on any atom is 0.251 e. The minimum atomic E-state index is -0.141. The first-order valence-electron chi connectivity index (χ1n) is 9.54. The molecule has 28 heavy (non-hydrogen) atoms. The average Bonchev–Trinajstić information content (AvgIpc) is 2.68. The van der Waals surface area contributed by atoms with E-state index in [9.17, 15) is 9.59 Å². The van der Waals surface area contributed by atoms with Crippen LogP contribution in [0.25, 0.3) is 0 Å². The number of hydrogen-bond acceptors (Lipinski definition) is 4. The van der Waals surface area contributed by atoms with Crippen LogP contribution in [0, 0.1) is 0 Å². The molecular weight excluding hydrogens is 370 g/mol. The van der Waals surface area contributed by atoms with E-state index in [1.165, 1.54) is 22.9 Å². The summed E-state index contributed by atoms with van der Waals surface area (Å²) in [4.78, 5) is 27.7. The molecule has 6 heteroatoms. The number of nitrogens with one attached hydrogen (secondary N) is 2. The van der Waals surface area contributed by atoms with Crippen LogP contribution in [0.3, 0.4) is 0 Å². The van der Waals surface area contributed by atoms with Crippen LogP contribution < -0.4 is 10.6 Å². The van der Waals surface area contributed by atoms with E-state index in [4.69, 9.17) is 0 Å². The van der Waals surface area contributed by atoms with Crippen molar-refractivity contribution in [2.24, 2.45) is 0 Å². The van der Waals surface area contributed by atoms with Gasteiger partial charge in [0.05, 0.1) is 17.0 Å². The Hall–Kier alpha value is -2.31. The van der Waals surface area contributed by atoms with Crippen LogP contribution >= 0.6 is 11.8 Å². The Labute approximate surface area is 170 Å². The quantitative estimate of drug-likeness (QED) is 0.780. The fourth-order valence-electron chi connectivity index (χ4n) is 3.22. The molecule has 2 amide bonds. The Morgan fingerprint density at radius 1 is 1.21 bits per heavy atom. The van der Waals surface area contributed by atoms with E-state index in [-0.39, 0.29) is 23.1 Å². The number of nitrogens with zero attached hydrogens (tertiary/aromatic N) is 1. The molecule has 0 fully saturated rings. The van der Waals surface area contributed by atoms with Crippen LogP contribution in [0.15, 0.2) is 47.4 Å². The lowest BCUT2D eigenvalue weighted by atomic mass is 10.0. The standard InChI is InChI=1S/C22H27N3O2S/c1-5-15-6-8-16(9-7-15)19(25(3)4)13-23-22(27)17-10-11-20-18(12-17)24-21(26)14(2)28-20/h6-12,14,19H,5,13H2,1-4H3,(H,23,27)(H,24,26)/t14-,19-/m0/s1. The average molecular weight is 398 g/mol. The molecule has 0 saturated carbocycles. The molecule has 1 aliphatic rings. The molecule has 2 aromatic rings. The van der Waals surface area contributed by atoms with Gasteiger partial charge in [0.15, 0.2) is 0 Å². The number of hydrogen-bond donors (Lipinski definition) is 2. The normalized spacial score (nSPS) is 17.0. The van der Waals surface area contributed by atoms with Crippen molar-refractivity contribution in [3.8, 4) is 0 Å². The third-order valence-corrected chi connectivity index (χ3v) is 6.20. The summed E-state index contributed by atoms with van der Waals surface area (Å²) in [6.07, 6.45) is 1.01. The van der Waals surface area contributed by atoms with E-state index in [1.807, 2.05) is 33.2 Å². The summed E-state index contributed by atoms with van der Waals surface area (Å²) in [7, 11) is 4.02. The molecule has 2 aromatic carbocycles. The van der Waals surface area contributed by atoms with Crippen LogP contribution in [-0.4, -0.2) is 42.6 Å². The zero-order valence-corrected chi connectivity index (χ0v) is 17.6. The molecule has 148 valence electrons. The van der Waals surface area contributed by atoms with E-state index in [2.05, 4.69) is 46.7 Å². The fraction of sp³-hybridized carbons (Fsp3) is 0.364. The molecule has 2 atom stereocenters. The largest absolute Gasteiger partial charge is 0.350 e. The first kappa shape index (κ1) is 20.4. The van der Waals surface area contributed by atoms with Gasteiger partial charge in [0.2, 0.25) is 5.91 Å². The molecule has 0 aromatic heterocycles. The number of rotatable bonds is 6. The van der Waals surface area contributed by atoms with E-state index in [1.54, 1.807) is 6.07 Å². The maximum absolute atomic E-state index is 12.7. The smallest absolute Gasteiger partial charge is 0.251 e. The fourth-order valence-corrected chi connectivity index (χ4v) is 4.15. The summed E-state index contributed by atoms with van der Waals surface area (Å²) < 4.78 is 0. The van der Waals surface area contributed by atoms with Crippen molar-refractivity contribution in [2.45, 2.75) is 36.5 Å². The van der Waals surface area contributed by atoms with Gasteiger partial charge >= 0.3 is 0 Å². The summed E-state index contributed by atoms with van der Waals surface area (Å²) in [5, 5.41) is 5.79. The highest BCUT2D eigenvalue weighted by Crippen LogP contribution is 2.35. The Balaban J connectivity index is 1.69. The third-order valence-electron chi connectivity index (χ3n) is 5.02. The Kier molecular flexibility index (Phi) is 6.42. The van der Waals surface area contributed by atoms with Crippen LogP contribution in [-0.2, 0) is 11.2 Å². The number of thioether (sulfide) groups is 1. The molecule has 0 bridgehead atoms. The Morgan fingerprint density at radius 2 is 1.93 bits per heavy atom. The molecule has 1 aliphatic heterocycles. The molecule has 0 unspecified atom stereocenters. The van der Waals surface area contributed by atoms with Gasteiger partial charge in [0, 0.05) is 17.0 Å². The number of aryl methyl sites for hydroxylation is 1. The number of benzene rings is 2. The summed E-state index contributed by atoms with van der Waals surface area (Å²) in [5.41, 5.74) is 3.73. The van der Waals surface area contributed by atoms with Crippen molar-refractivity contribution >= 4 is 29.3 Å². The number of amides is 2. The number of fused-ring (bicyclic) bond motifs is 1.